The largest absolute Gasteiger partial charge is 0.294 e. The molecule has 1 unspecified atom stereocenters. The molecule has 20 heavy (non-hydrogen) atoms. The third kappa shape index (κ3) is 2.38. The molecule has 0 N–H and O–H groups in total. The first-order valence-corrected chi connectivity index (χ1v) is 7.02. The van der Waals surface area contributed by atoms with Crippen molar-refractivity contribution in [3.05, 3.63) is 70.5 Å². The summed E-state index contributed by atoms with van der Waals surface area (Å²) in [5.74, 6) is -0.554. The zero-order valence-electron chi connectivity index (χ0n) is 11.5. The van der Waals surface area contributed by atoms with Crippen LogP contribution in [-0.4, -0.2) is 5.78 Å². The quantitative estimate of drug-likeness (QED) is 0.749. The number of hydrogen-bond acceptors (Lipinski definition) is 1. The molecule has 0 saturated carbocycles. The number of halogens is 1. The zero-order chi connectivity index (χ0) is 14.1. The number of aryl methyl sites for hydroxylation is 2. The second kappa shape index (κ2) is 5.20. The Hall–Kier alpha value is -1.96. The Morgan fingerprint density at radius 3 is 2.70 bits per heavy atom. The van der Waals surface area contributed by atoms with E-state index in [4.69, 9.17) is 0 Å². The highest BCUT2D eigenvalue weighted by Gasteiger charge is 2.26. The van der Waals surface area contributed by atoms with Crippen molar-refractivity contribution in [2.75, 3.05) is 0 Å². The first-order valence-electron chi connectivity index (χ1n) is 7.02. The molecule has 0 radical (unpaired) electrons. The summed E-state index contributed by atoms with van der Waals surface area (Å²) in [5, 5.41) is 0. The van der Waals surface area contributed by atoms with Crippen molar-refractivity contribution in [2.45, 2.75) is 26.2 Å². The lowest BCUT2D eigenvalue weighted by Crippen LogP contribution is -2.23. The van der Waals surface area contributed by atoms with Gasteiger partial charge in [0.1, 0.15) is 5.82 Å². The second-order valence-corrected chi connectivity index (χ2v) is 5.56. The van der Waals surface area contributed by atoms with Crippen molar-refractivity contribution in [1.82, 2.24) is 0 Å². The number of ketones is 1. The zero-order valence-corrected chi connectivity index (χ0v) is 11.5. The van der Waals surface area contributed by atoms with Crippen LogP contribution in [-0.2, 0) is 12.8 Å². The van der Waals surface area contributed by atoms with Crippen LogP contribution in [0.2, 0.25) is 0 Å². The average Bonchev–Trinajstić information content (AvgIpc) is 2.48. The normalized spacial score (nSPS) is 17.6. The molecule has 0 aromatic heterocycles. The number of carbonyl (C=O) groups excluding carboxylic acids is 1. The van der Waals surface area contributed by atoms with Crippen LogP contribution in [0.15, 0.2) is 42.5 Å². The molecule has 3 rings (SSSR count). The minimum absolute atomic E-state index is 0.0549. The summed E-state index contributed by atoms with van der Waals surface area (Å²) in [6, 6.07) is 13.0. The van der Waals surface area contributed by atoms with Crippen LogP contribution in [0.5, 0.6) is 0 Å². The van der Waals surface area contributed by atoms with Crippen molar-refractivity contribution in [2.24, 2.45) is 5.92 Å². The van der Waals surface area contributed by atoms with Crippen LogP contribution in [0.4, 0.5) is 4.39 Å². The molecule has 0 amide bonds. The van der Waals surface area contributed by atoms with Gasteiger partial charge in [0.2, 0.25) is 0 Å². The van der Waals surface area contributed by atoms with Gasteiger partial charge in [-0.15, -0.1) is 0 Å². The maximum Gasteiger partial charge on any atom is 0.169 e. The second-order valence-electron chi connectivity index (χ2n) is 5.56. The Balaban J connectivity index is 1.88. The summed E-state index contributed by atoms with van der Waals surface area (Å²) in [6.07, 6.45) is 2.44. The van der Waals surface area contributed by atoms with E-state index in [-0.39, 0.29) is 17.3 Å². The van der Waals surface area contributed by atoms with Gasteiger partial charge in [0.05, 0.1) is 5.56 Å². The minimum Gasteiger partial charge on any atom is -0.294 e. The summed E-state index contributed by atoms with van der Waals surface area (Å²) in [7, 11) is 0. The molecule has 102 valence electrons. The molecule has 0 aliphatic heterocycles. The van der Waals surface area contributed by atoms with E-state index in [0.29, 0.717) is 0 Å². The number of fused-ring (bicyclic) bond motifs is 1. The van der Waals surface area contributed by atoms with E-state index >= 15 is 0 Å². The molecule has 2 heteroatoms. The number of carbonyl (C=O) groups is 1. The fourth-order valence-electron chi connectivity index (χ4n) is 2.97. The standard InChI is InChI=1S/C18H17FO/c1-12-6-9-17(19)16(10-12)18(20)15-8-7-13-4-2-3-5-14(13)11-15/h2-6,9-10,15H,7-8,11H2,1H3. The van der Waals surface area contributed by atoms with Crippen molar-refractivity contribution in [3.8, 4) is 0 Å². The molecule has 0 bridgehead atoms. The van der Waals surface area contributed by atoms with E-state index in [0.717, 1.165) is 24.8 Å². The van der Waals surface area contributed by atoms with E-state index in [1.165, 1.54) is 17.2 Å². The number of rotatable bonds is 2. The summed E-state index contributed by atoms with van der Waals surface area (Å²) in [5.41, 5.74) is 3.71. The minimum atomic E-state index is -0.403. The predicted octanol–water partition coefficient (Wildman–Crippen LogP) is 4.12. The number of hydrogen-bond donors (Lipinski definition) is 0. The van der Waals surface area contributed by atoms with Gasteiger partial charge in [-0.1, -0.05) is 35.9 Å². The third-order valence-corrected chi connectivity index (χ3v) is 4.10. The average molecular weight is 268 g/mol. The monoisotopic (exact) mass is 268 g/mol. The van der Waals surface area contributed by atoms with Crippen molar-refractivity contribution >= 4 is 5.78 Å². The van der Waals surface area contributed by atoms with E-state index < -0.39 is 5.82 Å². The van der Waals surface area contributed by atoms with Gasteiger partial charge in [0.15, 0.2) is 5.78 Å². The van der Waals surface area contributed by atoms with Gasteiger partial charge in [-0.05, 0) is 49.4 Å². The van der Waals surface area contributed by atoms with Gasteiger partial charge in [-0.2, -0.15) is 0 Å². The fraction of sp³-hybridized carbons (Fsp3) is 0.278. The lowest BCUT2D eigenvalue weighted by atomic mass is 9.80. The van der Waals surface area contributed by atoms with Crippen LogP contribution in [0.25, 0.3) is 0 Å². The summed E-state index contributed by atoms with van der Waals surface area (Å²) < 4.78 is 13.9. The number of Topliss-reactive ketones (excluding diaryl/α,β-unsaturated/α-hetero) is 1. The highest BCUT2D eigenvalue weighted by atomic mass is 19.1. The van der Waals surface area contributed by atoms with Gasteiger partial charge in [0.25, 0.3) is 0 Å². The van der Waals surface area contributed by atoms with Gasteiger partial charge in [-0.25, -0.2) is 4.39 Å². The highest BCUT2D eigenvalue weighted by molar-refractivity contribution is 5.98. The first-order chi connectivity index (χ1) is 9.65. The Morgan fingerprint density at radius 1 is 1.15 bits per heavy atom. The van der Waals surface area contributed by atoms with Crippen LogP contribution < -0.4 is 0 Å². The van der Waals surface area contributed by atoms with Crippen molar-refractivity contribution in [3.63, 3.8) is 0 Å². The van der Waals surface area contributed by atoms with Crippen molar-refractivity contribution < 1.29 is 9.18 Å². The smallest absolute Gasteiger partial charge is 0.169 e. The number of benzene rings is 2. The van der Waals surface area contributed by atoms with Crippen LogP contribution in [0.3, 0.4) is 0 Å². The molecular formula is C18H17FO. The van der Waals surface area contributed by atoms with Gasteiger partial charge < -0.3 is 0 Å². The van der Waals surface area contributed by atoms with E-state index in [1.54, 1.807) is 12.1 Å². The van der Waals surface area contributed by atoms with E-state index in [2.05, 4.69) is 12.1 Å². The van der Waals surface area contributed by atoms with Crippen LogP contribution in [0.1, 0.15) is 33.5 Å². The summed E-state index contributed by atoms with van der Waals surface area (Å²) in [6.45, 7) is 1.88. The van der Waals surface area contributed by atoms with E-state index in [1.807, 2.05) is 19.1 Å². The van der Waals surface area contributed by atoms with Gasteiger partial charge >= 0.3 is 0 Å². The lowest BCUT2D eigenvalue weighted by Gasteiger charge is -2.23. The molecule has 2 aromatic rings. The maximum atomic E-state index is 13.9. The maximum absolute atomic E-state index is 13.9. The molecule has 0 saturated heterocycles. The predicted molar refractivity (Wildman–Crippen MR) is 77.4 cm³/mol. The fourth-order valence-corrected chi connectivity index (χ4v) is 2.97. The summed E-state index contributed by atoms with van der Waals surface area (Å²) >= 11 is 0. The van der Waals surface area contributed by atoms with Gasteiger partial charge in [0, 0.05) is 5.92 Å². The van der Waals surface area contributed by atoms with Gasteiger partial charge in [-0.3, -0.25) is 4.79 Å². The first kappa shape index (κ1) is 13.0. The molecule has 0 fully saturated rings. The van der Waals surface area contributed by atoms with E-state index in [9.17, 15) is 9.18 Å². The topological polar surface area (TPSA) is 17.1 Å². The Kier molecular flexibility index (Phi) is 3.39. The molecule has 1 aliphatic rings. The van der Waals surface area contributed by atoms with Crippen LogP contribution in [0, 0.1) is 18.7 Å². The molecule has 0 heterocycles. The Bertz CT molecular complexity index is 660. The molecule has 0 spiro atoms. The summed E-state index contributed by atoms with van der Waals surface area (Å²) in [4.78, 5) is 12.5. The molecule has 1 nitrogen and oxygen atoms in total. The van der Waals surface area contributed by atoms with Crippen molar-refractivity contribution in [1.29, 1.82) is 0 Å². The SMILES string of the molecule is Cc1ccc(F)c(C(=O)C2CCc3ccccc3C2)c1. The third-order valence-electron chi connectivity index (χ3n) is 4.10. The molecule has 2 aromatic carbocycles. The molecular weight excluding hydrogens is 251 g/mol. The highest BCUT2D eigenvalue weighted by Crippen LogP contribution is 2.28. The Morgan fingerprint density at radius 2 is 1.90 bits per heavy atom. The van der Waals surface area contributed by atoms with Crippen LogP contribution >= 0.6 is 0 Å². The molecule has 1 atom stereocenters. The Labute approximate surface area is 118 Å². The molecule has 1 aliphatic carbocycles. The lowest BCUT2D eigenvalue weighted by molar-refractivity contribution is 0.0904.